The second kappa shape index (κ2) is 7.86. The van der Waals surface area contributed by atoms with Crippen molar-refractivity contribution in [2.45, 2.75) is 13.0 Å². The van der Waals surface area contributed by atoms with Crippen LogP contribution in [0.4, 0.5) is 5.82 Å². The van der Waals surface area contributed by atoms with Gasteiger partial charge in [0.25, 0.3) is 0 Å². The maximum Gasteiger partial charge on any atom is 0.140 e. The summed E-state index contributed by atoms with van der Waals surface area (Å²) >= 11 is 3.46. The number of nitrogens with one attached hydrogen (secondary N) is 2. The van der Waals surface area contributed by atoms with E-state index in [9.17, 15) is 0 Å². The highest BCUT2D eigenvalue weighted by atomic mass is 79.9. The van der Waals surface area contributed by atoms with E-state index >= 15 is 0 Å². The Balaban J connectivity index is 1.59. The van der Waals surface area contributed by atoms with E-state index in [1.54, 1.807) is 12.4 Å². The first-order valence-electron chi connectivity index (χ1n) is 6.30. The SMILES string of the molecule is Brc1cccnc1NCCCNCc1cccnc1. The van der Waals surface area contributed by atoms with E-state index in [-0.39, 0.29) is 0 Å². The van der Waals surface area contributed by atoms with Crippen LogP contribution >= 0.6 is 15.9 Å². The second-order valence-corrected chi connectivity index (χ2v) is 5.01. The molecule has 19 heavy (non-hydrogen) atoms. The van der Waals surface area contributed by atoms with Crippen molar-refractivity contribution in [2.75, 3.05) is 18.4 Å². The molecular weight excluding hydrogens is 304 g/mol. The average molecular weight is 321 g/mol. The van der Waals surface area contributed by atoms with Crippen LogP contribution in [0.15, 0.2) is 47.3 Å². The lowest BCUT2D eigenvalue weighted by molar-refractivity contribution is 0.661. The molecule has 0 aliphatic carbocycles. The molecule has 2 N–H and O–H groups in total. The summed E-state index contributed by atoms with van der Waals surface area (Å²) in [6.07, 6.45) is 6.51. The first-order valence-corrected chi connectivity index (χ1v) is 7.09. The predicted octanol–water partition coefficient (Wildman–Crippen LogP) is 2.83. The highest BCUT2D eigenvalue weighted by molar-refractivity contribution is 9.10. The molecule has 0 saturated heterocycles. The first-order chi connectivity index (χ1) is 9.36. The van der Waals surface area contributed by atoms with Gasteiger partial charge >= 0.3 is 0 Å². The van der Waals surface area contributed by atoms with Crippen molar-refractivity contribution in [2.24, 2.45) is 0 Å². The predicted molar refractivity (Wildman–Crippen MR) is 81.0 cm³/mol. The number of nitrogens with zero attached hydrogens (tertiary/aromatic N) is 2. The minimum Gasteiger partial charge on any atom is -0.369 e. The minimum absolute atomic E-state index is 0.862. The molecule has 0 saturated carbocycles. The summed E-state index contributed by atoms with van der Waals surface area (Å²) in [6.45, 7) is 2.73. The Morgan fingerprint density at radius 2 is 2.00 bits per heavy atom. The number of hydrogen-bond donors (Lipinski definition) is 2. The fraction of sp³-hybridized carbons (Fsp3) is 0.286. The van der Waals surface area contributed by atoms with Crippen molar-refractivity contribution in [3.63, 3.8) is 0 Å². The van der Waals surface area contributed by atoms with Gasteiger partial charge in [0.05, 0.1) is 4.47 Å². The number of hydrogen-bond acceptors (Lipinski definition) is 4. The van der Waals surface area contributed by atoms with E-state index in [2.05, 4.69) is 42.6 Å². The third kappa shape index (κ3) is 4.96. The molecule has 100 valence electrons. The van der Waals surface area contributed by atoms with Crippen molar-refractivity contribution in [1.29, 1.82) is 0 Å². The van der Waals surface area contributed by atoms with Crippen LogP contribution < -0.4 is 10.6 Å². The molecule has 0 spiro atoms. The zero-order valence-corrected chi connectivity index (χ0v) is 12.2. The number of rotatable bonds is 7. The maximum absolute atomic E-state index is 4.26. The lowest BCUT2D eigenvalue weighted by atomic mass is 10.3. The van der Waals surface area contributed by atoms with Crippen LogP contribution in [0, 0.1) is 0 Å². The largest absolute Gasteiger partial charge is 0.369 e. The van der Waals surface area contributed by atoms with E-state index in [0.29, 0.717) is 0 Å². The Bertz CT molecular complexity index is 490. The Hall–Kier alpha value is -1.46. The van der Waals surface area contributed by atoms with Crippen LogP contribution in [0.1, 0.15) is 12.0 Å². The number of aromatic nitrogens is 2. The van der Waals surface area contributed by atoms with Crippen molar-refractivity contribution in [3.8, 4) is 0 Å². The molecule has 2 rings (SSSR count). The molecule has 2 aromatic heterocycles. The summed E-state index contributed by atoms with van der Waals surface area (Å²) in [4.78, 5) is 8.34. The van der Waals surface area contributed by atoms with Gasteiger partial charge < -0.3 is 10.6 Å². The van der Waals surface area contributed by atoms with E-state index < -0.39 is 0 Å². The molecule has 4 nitrogen and oxygen atoms in total. The quantitative estimate of drug-likeness (QED) is 0.770. The Kier molecular flexibility index (Phi) is 5.78. The molecule has 0 radical (unpaired) electrons. The van der Waals surface area contributed by atoms with Gasteiger partial charge in [0.2, 0.25) is 0 Å². The molecule has 0 atom stereocenters. The Labute approximate surface area is 121 Å². The van der Waals surface area contributed by atoms with Gasteiger partial charge in [0.15, 0.2) is 0 Å². The minimum atomic E-state index is 0.862. The average Bonchev–Trinajstić information content (AvgIpc) is 2.45. The van der Waals surface area contributed by atoms with Crippen LogP contribution in [0.5, 0.6) is 0 Å². The molecule has 5 heteroatoms. The zero-order chi connectivity index (χ0) is 13.3. The molecule has 2 aromatic rings. The third-order valence-corrected chi connectivity index (χ3v) is 3.27. The van der Waals surface area contributed by atoms with Crippen molar-refractivity contribution in [3.05, 3.63) is 52.9 Å². The number of halogens is 1. The molecule has 0 bridgehead atoms. The molecule has 0 aliphatic rings. The van der Waals surface area contributed by atoms with Gasteiger partial charge in [-0.15, -0.1) is 0 Å². The van der Waals surface area contributed by atoms with Crippen molar-refractivity contribution >= 4 is 21.7 Å². The lowest BCUT2D eigenvalue weighted by Crippen LogP contribution is -2.18. The van der Waals surface area contributed by atoms with Gasteiger partial charge in [0, 0.05) is 31.7 Å². The monoisotopic (exact) mass is 320 g/mol. The molecule has 0 aliphatic heterocycles. The first kappa shape index (κ1) is 14.0. The van der Waals surface area contributed by atoms with Gasteiger partial charge in [-0.05, 0) is 52.7 Å². The highest BCUT2D eigenvalue weighted by Gasteiger charge is 1.98. The van der Waals surface area contributed by atoms with Crippen LogP contribution in [0.3, 0.4) is 0 Å². The van der Waals surface area contributed by atoms with E-state index in [0.717, 1.165) is 36.3 Å². The van der Waals surface area contributed by atoms with Gasteiger partial charge in [0.1, 0.15) is 5.82 Å². The van der Waals surface area contributed by atoms with Gasteiger partial charge in [-0.25, -0.2) is 4.98 Å². The number of pyridine rings is 2. The van der Waals surface area contributed by atoms with Crippen LogP contribution in [0.25, 0.3) is 0 Å². The smallest absolute Gasteiger partial charge is 0.140 e. The summed E-state index contributed by atoms with van der Waals surface area (Å²) in [5.74, 6) is 0.898. The fourth-order valence-corrected chi connectivity index (χ4v) is 2.07. The van der Waals surface area contributed by atoms with Crippen molar-refractivity contribution < 1.29 is 0 Å². The van der Waals surface area contributed by atoms with E-state index in [4.69, 9.17) is 0 Å². The maximum atomic E-state index is 4.26. The fourth-order valence-electron chi connectivity index (χ4n) is 1.67. The molecule has 0 fully saturated rings. The summed E-state index contributed by atoms with van der Waals surface area (Å²) in [7, 11) is 0. The van der Waals surface area contributed by atoms with Gasteiger partial charge in [-0.3, -0.25) is 4.98 Å². The summed E-state index contributed by atoms with van der Waals surface area (Å²) in [5.41, 5.74) is 1.21. The van der Waals surface area contributed by atoms with Gasteiger partial charge in [-0.1, -0.05) is 6.07 Å². The summed E-state index contributed by atoms with van der Waals surface area (Å²) < 4.78 is 0.998. The topological polar surface area (TPSA) is 49.8 Å². The second-order valence-electron chi connectivity index (χ2n) is 4.15. The Morgan fingerprint density at radius 3 is 2.79 bits per heavy atom. The van der Waals surface area contributed by atoms with E-state index in [1.165, 1.54) is 5.56 Å². The molecule has 0 unspecified atom stereocenters. The lowest BCUT2D eigenvalue weighted by Gasteiger charge is -2.08. The number of anilines is 1. The third-order valence-electron chi connectivity index (χ3n) is 2.63. The zero-order valence-electron chi connectivity index (χ0n) is 10.6. The molecule has 2 heterocycles. The molecule has 0 aromatic carbocycles. The summed E-state index contributed by atoms with van der Waals surface area (Å²) in [6, 6.07) is 7.92. The molecular formula is C14H17BrN4. The van der Waals surface area contributed by atoms with Gasteiger partial charge in [-0.2, -0.15) is 0 Å². The highest BCUT2D eigenvalue weighted by Crippen LogP contribution is 2.17. The van der Waals surface area contributed by atoms with Crippen molar-refractivity contribution in [1.82, 2.24) is 15.3 Å². The molecule has 0 amide bonds. The van der Waals surface area contributed by atoms with Crippen LogP contribution in [0.2, 0.25) is 0 Å². The summed E-state index contributed by atoms with van der Waals surface area (Å²) in [5, 5.41) is 6.69. The van der Waals surface area contributed by atoms with E-state index in [1.807, 2.05) is 24.4 Å². The Morgan fingerprint density at radius 1 is 1.11 bits per heavy atom. The normalized spacial score (nSPS) is 10.4. The standard InChI is InChI=1S/C14H17BrN4/c15-13-5-2-8-18-14(13)19-9-3-7-17-11-12-4-1-6-16-10-12/h1-2,4-6,8,10,17H,3,7,9,11H2,(H,18,19). The van der Waals surface area contributed by atoms with Crippen LogP contribution in [-0.2, 0) is 6.54 Å². The van der Waals surface area contributed by atoms with Crippen LogP contribution in [-0.4, -0.2) is 23.1 Å².